The van der Waals surface area contributed by atoms with E-state index in [4.69, 9.17) is 4.74 Å². The predicted molar refractivity (Wildman–Crippen MR) is 181 cm³/mol. The van der Waals surface area contributed by atoms with Crippen LogP contribution >= 0.6 is 12.6 Å². The maximum Gasteiger partial charge on any atom is 0.331 e. The van der Waals surface area contributed by atoms with Gasteiger partial charge in [0.2, 0.25) is 5.91 Å². The first-order valence-corrected chi connectivity index (χ1v) is 15.8. The lowest BCUT2D eigenvalue weighted by molar-refractivity contribution is -0.143. The highest BCUT2D eigenvalue weighted by Crippen LogP contribution is 2.24. The fourth-order valence-electron chi connectivity index (χ4n) is 5.00. The van der Waals surface area contributed by atoms with Crippen LogP contribution in [0.1, 0.15) is 82.1 Å². The highest BCUT2D eigenvalue weighted by atomic mass is 32.1. The smallest absolute Gasteiger partial charge is 0.331 e. The Hall–Kier alpha value is -2.64. The van der Waals surface area contributed by atoms with Crippen molar-refractivity contribution in [2.45, 2.75) is 99.0 Å². The quantitative estimate of drug-likeness (QED) is 0.0745. The fourth-order valence-corrected chi connectivity index (χ4v) is 5.08. The Labute approximate surface area is 265 Å². The Kier molecular flexibility index (Phi) is 16.3. The largest absolute Gasteiger partial charge is 0.454 e. The summed E-state index contributed by atoms with van der Waals surface area (Å²) in [5.74, 6) is -1.05. The number of Topliss-reactive ketones (excluding diaryl/α,β-unsaturated/α-hetero) is 1. The number of allylic oxidation sites excluding steroid dienone is 8. The lowest BCUT2D eigenvalue weighted by atomic mass is 9.83. The van der Waals surface area contributed by atoms with E-state index in [-0.39, 0.29) is 46.3 Å². The molecule has 0 saturated carbocycles. The van der Waals surface area contributed by atoms with E-state index in [1.165, 1.54) is 6.08 Å². The number of hydrogen-bond donors (Lipinski definition) is 3. The molecule has 240 valence electrons. The molecule has 0 saturated heterocycles. The third kappa shape index (κ3) is 15.6. The molecule has 0 aliphatic carbocycles. The first-order valence-electron chi connectivity index (χ1n) is 15.4. The first-order chi connectivity index (χ1) is 19.9. The van der Waals surface area contributed by atoms with Gasteiger partial charge in [-0.05, 0) is 65.4 Å². The van der Waals surface area contributed by atoms with Crippen molar-refractivity contribution in [3.05, 3.63) is 71.4 Å². The van der Waals surface area contributed by atoms with Gasteiger partial charge in [0.15, 0.2) is 0 Å². The van der Waals surface area contributed by atoms with Gasteiger partial charge in [-0.1, -0.05) is 87.8 Å². The lowest BCUT2D eigenvalue weighted by Crippen LogP contribution is -2.34. The molecule has 0 spiro atoms. The Balaban J connectivity index is 2.63. The number of nitrogens with one attached hydrogen (secondary N) is 1. The number of rotatable bonds is 16. The average molecular weight is 614 g/mol. The monoisotopic (exact) mass is 613 g/mol. The minimum atomic E-state index is -0.809. The minimum absolute atomic E-state index is 0.00495. The van der Waals surface area contributed by atoms with Gasteiger partial charge in [-0.15, -0.1) is 0 Å². The Bertz CT molecular complexity index is 1140. The molecule has 1 amide bonds. The number of thiol groups is 1. The second kappa shape index (κ2) is 18.2. The molecule has 6 nitrogen and oxygen atoms in total. The molecular formula is C36H55NO5S. The summed E-state index contributed by atoms with van der Waals surface area (Å²) in [4.78, 5) is 36.8. The highest BCUT2D eigenvalue weighted by Gasteiger charge is 2.29. The molecule has 0 aromatic carbocycles. The van der Waals surface area contributed by atoms with Gasteiger partial charge < -0.3 is 15.2 Å². The van der Waals surface area contributed by atoms with Crippen molar-refractivity contribution in [3.63, 3.8) is 0 Å². The first kappa shape index (κ1) is 38.4. The van der Waals surface area contributed by atoms with Crippen LogP contribution in [0.2, 0.25) is 0 Å². The zero-order valence-corrected chi connectivity index (χ0v) is 28.8. The summed E-state index contributed by atoms with van der Waals surface area (Å²) in [5.41, 5.74) is 2.96. The Morgan fingerprint density at radius 1 is 1.09 bits per heavy atom. The van der Waals surface area contributed by atoms with E-state index < -0.39 is 12.0 Å². The predicted octanol–water partition coefficient (Wildman–Crippen LogP) is 7.13. The number of amides is 1. The summed E-state index contributed by atoms with van der Waals surface area (Å²) >= 11 is 4.42. The topological polar surface area (TPSA) is 92.7 Å². The van der Waals surface area contributed by atoms with Crippen LogP contribution < -0.4 is 5.32 Å². The molecule has 7 heteroatoms. The van der Waals surface area contributed by atoms with E-state index in [9.17, 15) is 19.5 Å². The lowest BCUT2D eigenvalue weighted by Gasteiger charge is -2.26. The van der Waals surface area contributed by atoms with Gasteiger partial charge in [-0.2, -0.15) is 12.6 Å². The number of cyclic esters (lactones) is 1. The number of esters is 1. The molecule has 5 unspecified atom stereocenters. The number of ether oxygens (including phenoxy) is 1. The summed E-state index contributed by atoms with van der Waals surface area (Å²) in [6, 6.07) is 0. The van der Waals surface area contributed by atoms with E-state index in [1.54, 1.807) is 13.0 Å². The van der Waals surface area contributed by atoms with Crippen LogP contribution in [0, 0.1) is 29.6 Å². The molecule has 0 aromatic heterocycles. The Morgan fingerprint density at radius 2 is 1.72 bits per heavy atom. The van der Waals surface area contributed by atoms with E-state index in [1.807, 2.05) is 85.8 Å². The molecular weight excluding hydrogens is 558 g/mol. The molecule has 2 N–H and O–H groups in total. The summed E-state index contributed by atoms with van der Waals surface area (Å²) in [5, 5.41) is 13.8. The fraction of sp³-hybridized carbons (Fsp3) is 0.583. The summed E-state index contributed by atoms with van der Waals surface area (Å²) in [6.07, 6.45) is 17.4. The number of aliphatic hydroxyl groups is 1. The summed E-state index contributed by atoms with van der Waals surface area (Å²) < 4.78 is 5.07. The van der Waals surface area contributed by atoms with Gasteiger partial charge in [0.25, 0.3) is 0 Å². The number of carbonyl (C=O) groups excluding carboxylic acids is 3. The van der Waals surface area contributed by atoms with Gasteiger partial charge in [0.1, 0.15) is 11.9 Å². The number of aliphatic hydroxyl groups excluding tert-OH is 1. The van der Waals surface area contributed by atoms with Crippen molar-refractivity contribution in [3.8, 4) is 0 Å². The van der Waals surface area contributed by atoms with E-state index in [2.05, 4.69) is 37.0 Å². The molecule has 0 fully saturated rings. The number of hydrogen-bond acceptors (Lipinski definition) is 6. The van der Waals surface area contributed by atoms with E-state index in [0.29, 0.717) is 18.9 Å². The zero-order valence-electron chi connectivity index (χ0n) is 27.9. The third-order valence-electron chi connectivity index (χ3n) is 7.51. The normalized spacial score (nSPS) is 22.3. The van der Waals surface area contributed by atoms with Crippen molar-refractivity contribution < 1.29 is 24.2 Å². The van der Waals surface area contributed by atoms with Crippen molar-refractivity contribution in [2.24, 2.45) is 29.6 Å². The van der Waals surface area contributed by atoms with Gasteiger partial charge in [-0.3, -0.25) is 9.59 Å². The number of carbonyl (C=O) groups is 3. The van der Waals surface area contributed by atoms with Gasteiger partial charge in [0, 0.05) is 41.2 Å². The summed E-state index contributed by atoms with van der Waals surface area (Å²) in [6.45, 7) is 19.9. The average Bonchev–Trinajstić information content (AvgIpc) is 2.90. The minimum Gasteiger partial charge on any atom is -0.454 e. The highest BCUT2D eigenvalue weighted by molar-refractivity contribution is 7.81. The molecule has 1 aliphatic heterocycles. The molecule has 1 rings (SSSR count). The molecule has 0 aromatic rings. The molecule has 7 atom stereocenters. The maximum atomic E-state index is 13.1. The van der Waals surface area contributed by atoms with Crippen LogP contribution in [-0.4, -0.2) is 46.3 Å². The third-order valence-corrected chi connectivity index (χ3v) is 7.67. The van der Waals surface area contributed by atoms with Crippen LogP contribution in [0.5, 0.6) is 0 Å². The zero-order chi connectivity index (χ0) is 32.9. The maximum absolute atomic E-state index is 13.1. The van der Waals surface area contributed by atoms with E-state index >= 15 is 0 Å². The van der Waals surface area contributed by atoms with Crippen LogP contribution in [0.4, 0.5) is 0 Å². The molecule has 43 heavy (non-hydrogen) atoms. The number of ketones is 1. The Morgan fingerprint density at radius 3 is 2.35 bits per heavy atom. The van der Waals surface area contributed by atoms with Gasteiger partial charge in [0.05, 0.1) is 6.10 Å². The van der Waals surface area contributed by atoms with Crippen molar-refractivity contribution in [1.82, 2.24) is 5.32 Å². The van der Waals surface area contributed by atoms with Crippen molar-refractivity contribution >= 4 is 30.3 Å². The van der Waals surface area contributed by atoms with Crippen LogP contribution in [0.3, 0.4) is 0 Å². The summed E-state index contributed by atoms with van der Waals surface area (Å²) in [7, 11) is 0. The van der Waals surface area contributed by atoms with Gasteiger partial charge >= 0.3 is 5.97 Å². The second-order valence-corrected chi connectivity index (χ2v) is 14.3. The SMILES string of the molecule is CC(=C/C(C)C/C=C/C(C)=C/C(C)C(=O)C(C)[C@H](O)[C@@H](C)C/C(C)=C/C(=O)NCC(C)(C)S)/C=C/C1OC(=O)C=CC1C. The second-order valence-electron chi connectivity index (χ2n) is 13.1. The van der Waals surface area contributed by atoms with Crippen LogP contribution in [0.15, 0.2) is 71.4 Å². The molecule has 1 aliphatic rings. The van der Waals surface area contributed by atoms with Crippen molar-refractivity contribution in [1.29, 1.82) is 0 Å². The molecule has 1 heterocycles. The standard InChI is InChI=1S/C36H55NO5S/c1-23(18-25(3)14-16-31-27(5)15-17-33(39)42-31)12-11-13-24(2)19-28(6)34(40)30(8)35(41)29(7)20-26(4)21-32(38)37-22-36(9,10)43/h11,13-19,21,23,27-31,35,41,43H,12,20,22H2,1-10H3,(H,37,38)/b13-11+,16-14+,24-19+,25-18-,26-21+/t23?,27?,28?,29-,30?,31?,35+/m0/s1. The van der Waals surface area contributed by atoms with Crippen LogP contribution in [-0.2, 0) is 19.1 Å². The van der Waals surface area contributed by atoms with Gasteiger partial charge in [-0.25, -0.2) is 4.79 Å². The van der Waals surface area contributed by atoms with Crippen LogP contribution in [0.25, 0.3) is 0 Å². The van der Waals surface area contributed by atoms with E-state index in [0.717, 1.165) is 23.1 Å². The van der Waals surface area contributed by atoms with Crippen molar-refractivity contribution in [2.75, 3.05) is 6.54 Å². The molecule has 0 radical (unpaired) electrons. The molecule has 0 bridgehead atoms.